The van der Waals surface area contributed by atoms with Crippen LogP contribution in [-0.2, 0) is 17.8 Å². The van der Waals surface area contributed by atoms with Gasteiger partial charge in [0.05, 0.1) is 18.2 Å². The maximum Gasteiger partial charge on any atom is 0.322 e. The Hall–Kier alpha value is -2.77. The smallest absolute Gasteiger partial charge is 0.322 e. The maximum absolute atomic E-state index is 12.7. The molecule has 0 saturated carbocycles. The van der Waals surface area contributed by atoms with Gasteiger partial charge in [-0.3, -0.25) is 4.79 Å². The van der Waals surface area contributed by atoms with Crippen LogP contribution in [-0.4, -0.2) is 43.2 Å². The molecule has 0 spiro atoms. The number of fused-ring (bicyclic) bond motifs is 1. The van der Waals surface area contributed by atoms with Crippen molar-refractivity contribution in [1.82, 2.24) is 10.2 Å². The van der Waals surface area contributed by atoms with Crippen molar-refractivity contribution in [3.05, 3.63) is 58.1 Å². The summed E-state index contributed by atoms with van der Waals surface area (Å²) in [7, 11) is 1.54. The van der Waals surface area contributed by atoms with Crippen molar-refractivity contribution in [2.45, 2.75) is 25.6 Å². The number of methoxy groups -OCH3 is 1. The molecule has 0 aliphatic carbocycles. The summed E-state index contributed by atoms with van der Waals surface area (Å²) in [5, 5.41) is 6.19. The van der Waals surface area contributed by atoms with Gasteiger partial charge in [0.25, 0.3) is 5.91 Å². The number of benzene rings is 2. The molecule has 1 saturated heterocycles. The topological polar surface area (TPSA) is 79.9 Å². The molecule has 0 bridgehead atoms. The molecule has 2 aromatic rings. The zero-order valence-electron chi connectivity index (χ0n) is 16.0. The number of urea groups is 1. The Morgan fingerprint density at radius 3 is 2.79 bits per heavy atom. The van der Waals surface area contributed by atoms with Crippen LogP contribution in [0, 0.1) is 0 Å². The normalized spacial score (nSPS) is 17.3. The van der Waals surface area contributed by atoms with Crippen LogP contribution in [0.25, 0.3) is 0 Å². The minimum atomic E-state index is -0.253. The first-order valence-electron chi connectivity index (χ1n) is 9.45. The largest absolute Gasteiger partial charge is 0.495 e. The summed E-state index contributed by atoms with van der Waals surface area (Å²) >= 11 is 6.12. The number of anilines is 1. The van der Waals surface area contributed by atoms with E-state index in [9.17, 15) is 9.59 Å². The molecule has 1 unspecified atom stereocenters. The zero-order valence-corrected chi connectivity index (χ0v) is 16.8. The molecule has 3 amide bonds. The molecule has 152 valence electrons. The molecule has 2 N–H and O–H groups in total. The number of carbonyl (C=O) groups excluding carboxylic acids is 2. The Morgan fingerprint density at radius 2 is 2.10 bits per heavy atom. The Kier molecular flexibility index (Phi) is 5.60. The summed E-state index contributed by atoms with van der Waals surface area (Å²) in [6, 6.07) is 10.4. The van der Waals surface area contributed by atoms with Crippen LogP contribution in [0.1, 0.15) is 27.9 Å². The van der Waals surface area contributed by atoms with Crippen LogP contribution in [0.4, 0.5) is 10.5 Å². The molecule has 1 atom stereocenters. The van der Waals surface area contributed by atoms with Crippen molar-refractivity contribution in [2.24, 2.45) is 0 Å². The molecule has 8 heteroatoms. The number of ether oxygens (including phenoxy) is 2. The molecular formula is C21H22ClN3O4. The van der Waals surface area contributed by atoms with Gasteiger partial charge in [-0.2, -0.15) is 0 Å². The molecular weight excluding hydrogens is 394 g/mol. The van der Waals surface area contributed by atoms with Crippen molar-refractivity contribution in [2.75, 3.05) is 25.6 Å². The molecule has 1 fully saturated rings. The van der Waals surface area contributed by atoms with Gasteiger partial charge in [-0.15, -0.1) is 0 Å². The predicted molar refractivity (Wildman–Crippen MR) is 109 cm³/mol. The Bertz CT molecular complexity index is 946. The first-order valence-corrected chi connectivity index (χ1v) is 9.83. The monoisotopic (exact) mass is 415 g/mol. The van der Waals surface area contributed by atoms with Crippen molar-refractivity contribution in [1.29, 1.82) is 0 Å². The Labute approximate surface area is 173 Å². The lowest BCUT2D eigenvalue weighted by Gasteiger charge is -2.26. The summed E-state index contributed by atoms with van der Waals surface area (Å²) in [5.41, 5.74) is 3.03. The van der Waals surface area contributed by atoms with Gasteiger partial charge in [-0.05, 0) is 41.8 Å². The van der Waals surface area contributed by atoms with Gasteiger partial charge in [0, 0.05) is 37.5 Å². The van der Waals surface area contributed by atoms with Crippen LogP contribution < -0.4 is 15.4 Å². The molecule has 4 rings (SSSR count). The highest BCUT2D eigenvalue weighted by Gasteiger charge is 2.28. The number of hydrogen-bond acceptors (Lipinski definition) is 4. The summed E-state index contributed by atoms with van der Waals surface area (Å²) in [4.78, 5) is 27.0. The molecule has 2 aromatic carbocycles. The van der Waals surface area contributed by atoms with E-state index in [0.29, 0.717) is 41.7 Å². The second-order valence-electron chi connectivity index (χ2n) is 7.07. The third-order valence-electron chi connectivity index (χ3n) is 5.20. The maximum atomic E-state index is 12.7. The summed E-state index contributed by atoms with van der Waals surface area (Å²) in [6.45, 7) is 2.07. The van der Waals surface area contributed by atoms with Gasteiger partial charge >= 0.3 is 6.03 Å². The van der Waals surface area contributed by atoms with E-state index in [1.165, 1.54) is 7.11 Å². The molecule has 2 aliphatic heterocycles. The summed E-state index contributed by atoms with van der Waals surface area (Å²) in [5.74, 6) is 0.405. The standard InChI is InChI=1S/C21H22ClN3O4/c1-28-19-6-5-14(9-18(19)22)24-21(27)25-11-13-3-2-4-16(17(13)12-25)20(26)23-10-15-7-8-29-15/h2-6,9,15H,7-8,10-12H2,1H3,(H,23,26)(H,24,27). The van der Waals surface area contributed by atoms with Crippen LogP contribution in [0.2, 0.25) is 5.02 Å². The van der Waals surface area contributed by atoms with E-state index in [4.69, 9.17) is 21.1 Å². The quantitative estimate of drug-likeness (QED) is 0.784. The fourth-order valence-electron chi connectivity index (χ4n) is 3.47. The van der Waals surface area contributed by atoms with Gasteiger partial charge in [0.15, 0.2) is 0 Å². The fraction of sp³-hybridized carbons (Fsp3) is 0.333. The van der Waals surface area contributed by atoms with E-state index in [2.05, 4.69) is 10.6 Å². The number of nitrogens with zero attached hydrogens (tertiary/aromatic N) is 1. The van der Waals surface area contributed by atoms with Crippen LogP contribution in [0.3, 0.4) is 0 Å². The lowest BCUT2D eigenvalue weighted by atomic mass is 10.0. The van der Waals surface area contributed by atoms with Gasteiger partial charge in [0.1, 0.15) is 5.75 Å². The lowest BCUT2D eigenvalue weighted by Crippen LogP contribution is -2.40. The van der Waals surface area contributed by atoms with E-state index in [1.54, 1.807) is 29.2 Å². The van der Waals surface area contributed by atoms with Gasteiger partial charge in [-0.1, -0.05) is 23.7 Å². The first kappa shape index (κ1) is 19.5. The number of amides is 3. The van der Waals surface area contributed by atoms with Crippen molar-refractivity contribution >= 4 is 29.2 Å². The minimum absolute atomic E-state index is 0.106. The third kappa shape index (κ3) is 4.16. The van der Waals surface area contributed by atoms with E-state index in [-0.39, 0.29) is 18.0 Å². The number of nitrogens with one attached hydrogen (secondary N) is 2. The van der Waals surface area contributed by atoms with Crippen molar-refractivity contribution in [3.8, 4) is 5.75 Å². The Balaban J connectivity index is 1.42. The highest BCUT2D eigenvalue weighted by atomic mass is 35.5. The van der Waals surface area contributed by atoms with Gasteiger partial charge in [-0.25, -0.2) is 4.79 Å². The minimum Gasteiger partial charge on any atom is -0.495 e. The summed E-state index contributed by atoms with van der Waals surface area (Å²) < 4.78 is 10.5. The highest BCUT2D eigenvalue weighted by Crippen LogP contribution is 2.29. The molecule has 0 aromatic heterocycles. The van der Waals surface area contributed by atoms with E-state index in [0.717, 1.165) is 24.2 Å². The van der Waals surface area contributed by atoms with Gasteiger partial charge in [0.2, 0.25) is 0 Å². The van der Waals surface area contributed by atoms with E-state index in [1.807, 2.05) is 12.1 Å². The van der Waals surface area contributed by atoms with Crippen molar-refractivity contribution < 1.29 is 19.1 Å². The molecule has 0 radical (unpaired) electrons. The zero-order chi connectivity index (χ0) is 20.4. The summed E-state index contributed by atoms with van der Waals surface area (Å²) in [6.07, 6.45) is 1.07. The second-order valence-corrected chi connectivity index (χ2v) is 7.48. The molecule has 2 aliphatic rings. The predicted octanol–water partition coefficient (Wildman–Crippen LogP) is 3.42. The van der Waals surface area contributed by atoms with Gasteiger partial charge < -0.3 is 25.0 Å². The number of halogens is 1. The van der Waals surface area contributed by atoms with Crippen LogP contribution >= 0.6 is 11.6 Å². The molecule has 29 heavy (non-hydrogen) atoms. The average Bonchev–Trinajstić information content (AvgIpc) is 3.11. The second kappa shape index (κ2) is 8.31. The number of carbonyl (C=O) groups is 2. The van der Waals surface area contributed by atoms with Crippen molar-refractivity contribution in [3.63, 3.8) is 0 Å². The lowest BCUT2D eigenvalue weighted by molar-refractivity contribution is -0.0472. The molecule has 7 nitrogen and oxygen atoms in total. The fourth-order valence-corrected chi connectivity index (χ4v) is 3.73. The first-order chi connectivity index (χ1) is 14.0. The SMILES string of the molecule is COc1ccc(NC(=O)N2Cc3cccc(C(=O)NCC4CCO4)c3C2)cc1Cl. The van der Waals surface area contributed by atoms with E-state index >= 15 is 0 Å². The highest BCUT2D eigenvalue weighted by molar-refractivity contribution is 6.32. The van der Waals surface area contributed by atoms with Crippen LogP contribution in [0.5, 0.6) is 5.75 Å². The number of hydrogen-bond donors (Lipinski definition) is 2. The number of rotatable bonds is 5. The van der Waals surface area contributed by atoms with Crippen LogP contribution in [0.15, 0.2) is 36.4 Å². The Morgan fingerprint density at radius 1 is 1.28 bits per heavy atom. The third-order valence-corrected chi connectivity index (χ3v) is 5.50. The molecule has 2 heterocycles. The van der Waals surface area contributed by atoms with E-state index < -0.39 is 0 Å². The average molecular weight is 416 g/mol.